The van der Waals surface area contributed by atoms with E-state index in [0.717, 1.165) is 17.0 Å². The van der Waals surface area contributed by atoms with E-state index in [1.807, 2.05) is 19.1 Å². The summed E-state index contributed by atoms with van der Waals surface area (Å²) in [6.07, 6.45) is 1.73. The first kappa shape index (κ1) is 11.1. The molecule has 1 N–H and O–H groups in total. The van der Waals surface area contributed by atoms with E-state index in [-0.39, 0.29) is 5.91 Å². The molecule has 1 aromatic carbocycles. The summed E-state index contributed by atoms with van der Waals surface area (Å²) in [7, 11) is 0. The summed E-state index contributed by atoms with van der Waals surface area (Å²) < 4.78 is 5.45. The minimum absolute atomic E-state index is 0.138. The van der Waals surface area contributed by atoms with Gasteiger partial charge in [-0.15, -0.1) is 0 Å². The van der Waals surface area contributed by atoms with Gasteiger partial charge in [-0.25, -0.2) is 0 Å². The predicted octanol–water partition coefficient (Wildman–Crippen LogP) is 3.73. The molecule has 0 radical (unpaired) electrons. The Morgan fingerprint density at radius 1 is 1.28 bits per heavy atom. The molecule has 1 aliphatic rings. The number of hydrogen-bond acceptors (Lipinski definition) is 2. The van der Waals surface area contributed by atoms with Crippen molar-refractivity contribution in [3.63, 3.8) is 0 Å². The minimum Gasteiger partial charge on any atom is -0.462 e. The predicted molar refractivity (Wildman–Crippen MR) is 71.4 cm³/mol. The fourth-order valence-electron chi connectivity index (χ4n) is 1.98. The number of carbonyl (C=O) groups is 1. The molecule has 1 aromatic heterocycles. The van der Waals surface area contributed by atoms with E-state index >= 15 is 0 Å². The van der Waals surface area contributed by atoms with E-state index in [1.165, 1.54) is 0 Å². The number of nitrogens with one attached hydrogen (secondary N) is 1. The Morgan fingerprint density at radius 2 is 2.11 bits per heavy atom. The van der Waals surface area contributed by atoms with Crippen molar-refractivity contribution in [2.75, 3.05) is 5.32 Å². The average Bonchev–Trinajstić information content (AvgIpc) is 2.86. The molecule has 0 unspecified atom stereocenters. The molecule has 0 fully saturated rings. The van der Waals surface area contributed by atoms with E-state index < -0.39 is 0 Å². The zero-order valence-electron chi connectivity index (χ0n) is 9.66. The standard InChI is InChI=1S/C14H10ClNO2/c1-8-2-4-10(18-8)7-12-11-6-9(15)3-5-13(11)16-14(12)17/h2-7H,1H3,(H,16,17)/b12-7-. The molecule has 3 nitrogen and oxygen atoms in total. The second-order valence-corrected chi connectivity index (χ2v) is 4.59. The van der Waals surface area contributed by atoms with Crippen LogP contribution in [0.3, 0.4) is 0 Å². The Balaban J connectivity index is 2.11. The molecule has 2 aromatic rings. The molecule has 1 amide bonds. The minimum atomic E-state index is -0.138. The Hall–Kier alpha value is -2.00. The zero-order chi connectivity index (χ0) is 12.7. The molecule has 2 heterocycles. The lowest BCUT2D eigenvalue weighted by Crippen LogP contribution is -2.03. The van der Waals surface area contributed by atoms with Gasteiger partial charge in [0.2, 0.25) is 0 Å². The molecule has 90 valence electrons. The molecule has 0 saturated carbocycles. The molecule has 18 heavy (non-hydrogen) atoms. The number of rotatable bonds is 1. The third-order valence-electron chi connectivity index (χ3n) is 2.81. The van der Waals surface area contributed by atoms with Crippen LogP contribution in [0.5, 0.6) is 0 Å². The van der Waals surface area contributed by atoms with Crippen molar-refractivity contribution < 1.29 is 9.21 Å². The summed E-state index contributed by atoms with van der Waals surface area (Å²) in [5.74, 6) is 1.33. The van der Waals surface area contributed by atoms with Crippen LogP contribution in [-0.2, 0) is 4.79 Å². The maximum absolute atomic E-state index is 11.9. The molecule has 0 aliphatic carbocycles. The lowest BCUT2D eigenvalue weighted by Gasteiger charge is -1.98. The fourth-order valence-corrected chi connectivity index (χ4v) is 2.15. The van der Waals surface area contributed by atoms with Gasteiger partial charge >= 0.3 is 0 Å². The van der Waals surface area contributed by atoms with Crippen molar-refractivity contribution in [1.82, 2.24) is 0 Å². The molecule has 3 rings (SSSR count). The highest BCUT2D eigenvalue weighted by Gasteiger charge is 2.24. The van der Waals surface area contributed by atoms with Crippen molar-refractivity contribution in [2.24, 2.45) is 0 Å². The van der Waals surface area contributed by atoms with E-state index in [1.54, 1.807) is 24.3 Å². The van der Waals surface area contributed by atoms with Gasteiger partial charge < -0.3 is 9.73 Å². The maximum atomic E-state index is 11.9. The third-order valence-corrected chi connectivity index (χ3v) is 3.05. The van der Waals surface area contributed by atoms with Gasteiger partial charge in [0.15, 0.2) is 0 Å². The largest absolute Gasteiger partial charge is 0.462 e. The number of anilines is 1. The molecule has 1 aliphatic heterocycles. The molecular formula is C14H10ClNO2. The van der Waals surface area contributed by atoms with Gasteiger partial charge in [0.25, 0.3) is 5.91 Å². The van der Waals surface area contributed by atoms with E-state index in [9.17, 15) is 4.79 Å². The summed E-state index contributed by atoms with van der Waals surface area (Å²) >= 11 is 5.95. The highest BCUT2D eigenvalue weighted by atomic mass is 35.5. The summed E-state index contributed by atoms with van der Waals surface area (Å²) in [5.41, 5.74) is 2.15. The zero-order valence-corrected chi connectivity index (χ0v) is 10.4. The first-order valence-electron chi connectivity index (χ1n) is 5.53. The molecule has 0 bridgehead atoms. The highest BCUT2D eigenvalue weighted by Crippen LogP contribution is 2.35. The molecule has 0 spiro atoms. The van der Waals surface area contributed by atoms with Gasteiger partial charge in [-0.3, -0.25) is 4.79 Å². The number of halogens is 1. The number of aryl methyl sites for hydroxylation is 1. The van der Waals surface area contributed by atoms with Crippen LogP contribution in [0.2, 0.25) is 5.02 Å². The smallest absolute Gasteiger partial charge is 0.256 e. The number of fused-ring (bicyclic) bond motifs is 1. The van der Waals surface area contributed by atoms with Gasteiger partial charge in [-0.1, -0.05) is 11.6 Å². The van der Waals surface area contributed by atoms with Crippen LogP contribution in [0.4, 0.5) is 5.69 Å². The van der Waals surface area contributed by atoms with E-state index in [4.69, 9.17) is 16.0 Å². The van der Waals surface area contributed by atoms with Crippen LogP contribution in [0, 0.1) is 6.92 Å². The number of amides is 1. The Bertz CT molecular complexity index is 670. The molecule has 0 saturated heterocycles. The lowest BCUT2D eigenvalue weighted by molar-refractivity contribution is -0.110. The van der Waals surface area contributed by atoms with Crippen LogP contribution < -0.4 is 5.32 Å². The number of carbonyl (C=O) groups excluding carboxylic acids is 1. The van der Waals surface area contributed by atoms with Crippen LogP contribution in [0.1, 0.15) is 17.1 Å². The number of furan rings is 1. The van der Waals surface area contributed by atoms with E-state index in [2.05, 4.69) is 5.32 Å². The molecule has 4 heteroatoms. The lowest BCUT2D eigenvalue weighted by atomic mass is 10.1. The van der Waals surface area contributed by atoms with Gasteiger partial charge in [0, 0.05) is 16.3 Å². The second kappa shape index (κ2) is 4.03. The quantitative estimate of drug-likeness (QED) is 0.793. The Kier molecular flexibility index (Phi) is 2.49. The number of hydrogen-bond donors (Lipinski definition) is 1. The highest BCUT2D eigenvalue weighted by molar-refractivity contribution is 6.36. The van der Waals surface area contributed by atoms with Crippen molar-refractivity contribution in [2.45, 2.75) is 6.92 Å². The van der Waals surface area contributed by atoms with Crippen molar-refractivity contribution >= 4 is 34.8 Å². The van der Waals surface area contributed by atoms with Crippen LogP contribution in [0.15, 0.2) is 34.7 Å². The average molecular weight is 260 g/mol. The molecular weight excluding hydrogens is 250 g/mol. The third kappa shape index (κ3) is 1.83. The van der Waals surface area contributed by atoms with Crippen LogP contribution in [-0.4, -0.2) is 5.91 Å². The summed E-state index contributed by atoms with van der Waals surface area (Å²) in [5, 5.41) is 3.40. The second-order valence-electron chi connectivity index (χ2n) is 4.15. The first-order valence-corrected chi connectivity index (χ1v) is 5.91. The Morgan fingerprint density at radius 3 is 2.83 bits per heavy atom. The number of benzene rings is 1. The van der Waals surface area contributed by atoms with Crippen molar-refractivity contribution in [3.8, 4) is 0 Å². The Labute approximate surface area is 109 Å². The summed E-state index contributed by atoms with van der Waals surface area (Å²) in [6.45, 7) is 1.86. The molecule has 0 atom stereocenters. The monoisotopic (exact) mass is 259 g/mol. The van der Waals surface area contributed by atoms with E-state index in [0.29, 0.717) is 16.4 Å². The van der Waals surface area contributed by atoms with Gasteiger partial charge in [0.05, 0.1) is 5.57 Å². The normalized spacial score (nSPS) is 15.9. The van der Waals surface area contributed by atoms with Crippen LogP contribution >= 0.6 is 11.6 Å². The topological polar surface area (TPSA) is 42.2 Å². The summed E-state index contributed by atoms with van der Waals surface area (Å²) in [4.78, 5) is 11.9. The van der Waals surface area contributed by atoms with Crippen molar-refractivity contribution in [1.29, 1.82) is 0 Å². The summed E-state index contributed by atoms with van der Waals surface area (Å²) in [6, 6.07) is 9.01. The van der Waals surface area contributed by atoms with Gasteiger partial charge in [-0.2, -0.15) is 0 Å². The van der Waals surface area contributed by atoms with Gasteiger partial charge in [0.1, 0.15) is 11.5 Å². The van der Waals surface area contributed by atoms with Crippen LogP contribution in [0.25, 0.3) is 11.6 Å². The van der Waals surface area contributed by atoms with Gasteiger partial charge in [-0.05, 0) is 43.3 Å². The van der Waals surface area contributed by atoms with Crippen molar-refractivity contribution in [3.05, 3.63) is 52.4 Å². The first-order chi connectivity index (χ1) is 8.63. The SMILES string of the molecule is Cc1ccc(/C=C2\C(=O)Nc3ccc(Cl)cc32)o1. The fraction of sp³-hybridized carbons (Fsp3) is 0.0714. The maximum Gasteiger partial charge on any atom is 0.256 e.